The number of hydrogen-bond donors (Lipinski definition) is 8. The molecule has 12 nitrogen and oxygen atoms in total. The van der Waals surface area contributed by atoms with Crippen LogP contribution in [-0.2, 0) is 26.2 Å². The summed E-state index contributed by atoms with van der Waals surface area (Å²) in [5.74, 6) is -4.17. The van der Waals surface area contributed by atoms with Gasteiger partial charge in [-0.15, -0.1) is 0 Å². The molecule has 0 spiro atoms. The van der Waals surface area contributed by atoms with Gasteiger partial charge in [-0.05, 0) is 46.5 Å². The van der Waals surface area contributed by atoms with E-state index in [0.29, 0.717) is 0 Å². The zero-order chi connectivity index (χ0) is 47.3. The smallest absolute Gasteiger partial charge is 0.136 e. The summed E-state index contributed by atoms with van der Waals surface area (Å²) in [6, 6.07) is 42.6. The lowest BCUT2D eigenvalue weighted by Gasteiger charge is -2.23. The minimum Gasteiger partial charge on any atom is -0.506 e. The summed E-state index contributed by atoms with van der Waals surface area (Å²) in [4.78, 5) is 18.1. The van der Waals surface area contributed by atoms with Crippen LogP contribution in [0.5, 0.6) is 46.0 Å². The van der Waals surface area contributed by atoms with Crippen molar-refractivity contribution in [3.8, 4) is 90.5 Å². The molecule has 0 fully saturated rings. The van der Waals surface area contributed by atoms with Crippen LogP contribution in [0.4, 0.5) is 0 Å². The van der Waals surface area contributed by atoms with Gasteiger partial charge < -0.3 is 40.9 Å². The van der Waals surface area contributed by atoms with E-state index in [1.807, 2.05) is 121 Å². The molecule has 0 aromatic heterocycles. The van der Waals surface area contributed by atoms with Crippen molar-refractivity contribution in [2.24, 2.45) is 20.0 Å². The van der Waals surface area contributed by atoms with Crippen LogP contribution in [0.3, 0.4) is 0 Å². The van der Waals surface area contributed by atoms with E-state index in [1.165, 1.54) is 49.1 Å². The average molecular weight is 901 g/mol. The van der Waals surface area contributed by atoms with Crippen molar-refractivity contribution in [1.29, 1.82) is 0 Å². The molecule has 0 amide bonds. The van der Waals surface area contributed by atoms with Crippen LogP contribution in [-0.4, -0.2) is 65.7 Å². The Balaban J connectivity index is 1.35. The number of fused-ring (bicyclic) bond motifs is 12. The van der Waals surface area contributed by atoms with Crippen LogP contribution >= 0.6 is 0 Å². The lowest BCUT2D eigenvalue weighted by Crippen LogP contribution is -2.00. The van der Waals surface area contributed by atoms with Gasteiger partial charge in [-0.3, -0.25) is 20.0 Å². The van der Waals surface area contributed by atoms with E-state index in [1.54, 1.807) is 0 Å². The number of benzene rings is 8. The molecule has 8 bridgehead atoms. The van der Waals surface area contributed by atoms with Gasteiger partial charge in [0.2, 0.25) is 0 Å². The molecule has 0 saturated heterocycles. The fraction of sp³-hybridized carbons (Fsp3) is 0.0714. The molecule has 68 heavy (non-hydrogen) atoms. The Morgan fingerprint density at radius 1 is 0.250 bits per heavy atom. The third-order valence-electron chi connectivity index (χ3n) is 11.7. The number of rotatable bonds is 12. The van der Waals surface area contributed by atoms with Gasteiger partial charge in [0, 0.05) is 69.4 Å². The maximum Gasteiger partial charge on any atom is 0.136 e. The van der Waals surface area contributed by atoms with Crippen molar-refractivity contribution in [1.82, 2.24) is 0 Å². The Bertz CT molecular complexity index is 2750. The first-order valence-corrected chi connectivity index (χ1v) is 21.6. The van der Waals surface area contributed by atoms with Crippen molar-refractivity contribution in [3.63, 3.8) is 0 Å². The summed E-state index contributed by atoms with van der Waals surface area (Å²) in [5.41, 5.74) is 2.00. The second kappa shape index (κ2) is 19.1. The Labute approximate surface area is 391 Å². The van der Waals surface area contributed by atoms with Gasteiger partial charge in [0.1, 0.15) is 46.0 Å². The fourth-order valence-electron chi connectivity index (χ4n) is 8.17. The molecule has 1 aliphatic rings. The first-order chi connectivity index (χ1) is 33.1. The highest BCUT2D eigenvalue weighted by atomic mass is 16.3. The number of hydrogen-bond acceptors (Lipinski definition) is 12. The van der Waals surface area contributed by atoms with Crippen molar-refractivity contribution in [2.75, 3.05) is 0 Å². The van der Waals surface area contributed by atoms with Gasteiger partial charge in [0.25, 0.3) is 0 Å². The zero-order valence-electron chi connectivity index (χ0n) is 36.4. The van der Waals surface area contributed by atoms with Crippen LogP contribution in [0.1, 0.15) is 44.5 Å². The summed E-state index contributed by atoms with van der Waals surface area (Å²) in [7, 11) is 0. The lowest BCUT2D eigenvalue weighted by atomic mass is 9.85. The molecule has 8 aromatic carbocycles. The van der Waals surface area contributed by atoms with Gasteiger partial charge in [-0.25, -0.2) is 0 Å². The summed E-state index contributed by atoms with van der Waals surface area (Å²) in [5, 5.41) is 97.7. The van der Waals surface area contributed by atoms with Crippen molar-refractivity contribution >= 4 is 24.9 Å². The second-order valence-corrected chi connectivity index (χ2v) is 16.2. The van der Waals surface area contributed by atoms with Gasteiger partial charge in [-0.2, -0.15) is 0 Å². The summed E-state index contributed by atoms with van der Waals surface area (Å²) in [6.45, 7) is 0.654. The SMILES string of the molecule is Oc1c2cc(c(O)c1C=NCc1ccccc1)-c1cc(c(O)c(C=NCc3ccccc3)c1O)-c1cc(c(O)c(C=NCc3ccccc3)c1O)-c1cc-2c(O)c(C=NCc2ccccc2)c1O. The van der Waals surface area contributed by atoms with Crippen LogP contribution in [0.15, 0.2) is 166 Å². The Hall–Kier alpha value is -9.16. The average Bonchev–Trinajstić information content (AvgIpc) is 3.35. The molecular weight excluding hydrogens is 857 g/mol. The topological polar surface area (TPSA) is 211 Å². The number of aromatic hydroxyl groups is 8. The quantitative estimate of drug-likeness (QED) is 0.0552. The van der Waals surface area contributed by atoms with Gasteiger partial charge in [0.05, 0.1) is 48.4 Å². The molecule has 0 unspecified atom stereocenters. The monoisotopic (exact) mass is 900 g/mol. The van der Waals surface area contributed by atoms with Crippen LogP contribution in [0.2, 0.25) is 0 Å². The van der Waals surface area contributed by atoms with E-state index in [-0.39, 0.29) is 92.9 Å². The standard InChI is InChI=1S/C56H44N4O8/c61-49-37-21-38(50(62)45(49)29-57-25-33-13-5-1-6-14-33)40-23-42(54(66)47(52(40)64)31-59-27-35-17-9-3-10-18-35)44-24-43(55(67)48(56(44)68)32-60-28-36-19-11-4-12-20-36)41-22-39(37)51(63)46(53(41)65)30-58-26-34-15-7-2-8-16-34/h1-24,29-32,61-68H,25-28H2. The van der Waals surface area contributed by atoms with Crippen molar-refractivity contribution in [3.05, 3.63) is 190 Å². The van der Waals surface area contributed by atoms with Crippen LogP contribution in [0, 0.1) is 0 Å². The predicted molar refractivity (Wildman–Crippen MR) is 266 cm³/mol. The summed E-state index contributed by atoms with van der Waals surface area (Å²) >= 11 is 0. The van der Waals surface area contributed by atoms with Crippen molar-refractivity contribution < 1.29 is 40.9 Å². The van der Waals surface area contributed by atoms with Gasteiger partial charge >= 0.3 is 0 Å². The molecule has 9 rings (SSSR count). The molecule has 0 radical (unpaired) electrons. The van der Waals surface area contributed by atoms with Gasteiger partial charge in [0.15, 0.2) is 0 Å². The Morgan fingerprint density at radius 2 is 0.412 bits per heavy atom. The van der Waals surface area contributed by atoms with E-state index in [9.17, 15) is 40.9 Å². The molecule has 0 heterocycles. The minimum atomic E-state index is -0.522. The van der Waals surface area contributed by atoms with Crippen molar-refractivity contribution in [2.45, 2.75) is 26.2 Å². The number of aliphatic imine (C=N–C) groups is 4. The van der Waals surface area contributed by atoms with E-state index in [0.717, 1.165) is 22.3 Å². The number of phenols is 8. The Kier molecular flexibility index (Phi) is 12.4. The first-order valence-electron chi connectivity index (χ1n) is 21.6. The lowest BCUT2D eigenvalue weighted by molar-refractivity contribution is 0.440. The molecular formula is C56H44N4O8. The second-order valence-electron chi connectivity index (χ2n) is 16.2. The summed E-state index contributed by atoms with van der Waals surface area (Å²) < 4.78 is 0. The predicted octanol–water partition coefficient (Wildman–Crippen LogP) is 10.8. The normalized spacial score (nSPS) is 12.0. The third-order valence-corrected chi connectivity index (χ3v) is 11.7. The molecule has 0 aliphatic heterocycles. The molecule has 8 aromatic rings. The zero-order valence-corrected chi connectivity index (χ0v) is 36.4. The van der Waals surface area contributed by atoms with E-state index >= 15 is 0 Å². The highest BCUT2D eigenvalue weighted by Gasteiger charge is 2.31. The van der Waals surface area contributed by atoms with Gasteiger partial charge in [-0.1, -0.05) is 121 Å². The molecule has 0 atom stereocenters. The van der Waals surface area contributed by atoms with E-state index in [4.69, 9.17) is 0 Å². The summed E-state index contributed by atoms with van der Waals surface area (Å²) in [6.07, 6.45) is 5.11. The fourth-order valence-corrected chi connectivity index (χ4v) is 8.17. The number of phenolic OH excluding ortho intramolecular Hbond substituents is 8. The maximum atomic E-state index is 12.2. The van der Waals surface area contributed by atoms with E-state index in [2.05, 4.69) is 20.0 Å². The highest BCUT2D eigenvalue weighted by molar-refractivity contribution is 6.07. The first kappa shape index (κ1) is 44.1. The molecule has 12 heteroatoms. The highest BCUT2D eigenvalue weighted by Crippen LogP contribution is 2.56. The van der Waals surface area contributed by atoms with Crippen LogP contribution < -0.4 is 0 Å². The number of nitrogens with zero attached hydrogens (tertiary/aromatic N) is 4. The van der Waals surface area contributed by atoms with E-state index < -0.39 is 46.0 Å². The minimum absolute atomic E-state index is 0.0764. The van der Waals surface area contributed by atoms with Crippen LogP contribution in [0.25, 0.3) is 44.5 Å². The molecule has 0 saturated carbocycles. The molecule has 1 aliphatic carbocycles. The maximum absolute atomic E-state index is 12.2. The molecule has 336 valence electrons. The largest absolute Gasteiger partial charge is 0.506 e. The molecule has 8 N–H and O–H groups in total. The third kappa shape index (κ3) is 8.69. The Morgan fingerprint density at radius 3 is 0.574 bits per heavy atom.